The van der Waals surface area contributed by atoms with Gasteiger partial charge in [-0.3, -0.25) is 24.6 Å². The van der Waals surface area contributed by atoms with Gasteiger partial charge in [-0.15, -0.1) is 0 Å². The first-order chi connectivity index (χ1) is 15.9. The Morgan fingerprint density at radius 3 is 2.58 bits per heavy atom. The maximum atomic E-state index is 13.5. The lowest BCUT2D eigenvalue weighted by Gasteiger charge is -2.25. The van der Waals surface area contributed by atoms with Crippen LogP contribution in [0.1, 0.15) is 27.7 Å². The van der Waals surface area contributed by atoms with E-state index in [0.717, 1.165) is 0 Å². The molecule has 0 saturated carbocycles. The Hall–Kier alpha value is -4.17. The molecule has 1 unspecified atom stereocenters. The number of methoxy groups -OCH3 is 1. The van der Waals surface area contributed by atoms with E-state index in [1.807, 2.05) is 0 Å². The lowest BCUT2D eigenvalue weighted by atomic mass is 9.98. The molecule has 3 aromatic carbocycles. The first kappa shape index (κ1) is 20.7. The monoisotopic (exact) mass is 462 g/mol. The third kappa shape index (κ3) is 3.23. The second-order valence-corrected chi connectivity index (χ2v) is 7.83. The molecule has 1 atom stereocenters. The minimum atomic E-state index is -0.947. The predicted octanol–water partition coefficient (Wildman–Crippen LogP) is 5.11. The second kappa shape index (κ2) is 7.75. The molecule has 0 aliphatic carbocycles. The van der Waals surface area contributed by atoms with Crippen molar-refractivity contribution in [1.82, 2.24) is 0 Å². The molecular weight excluding hydrogens is 448 g/mol. The van der Waals surface area contributed by atoms with Crippen LogP contribution >= 0.6 is 11.6 Å². The SMILES string of the molecule is COc1ccc(N2C(=O)c3oc4ccccc4c(=O)c3C2c2cccc([N+](=O)[O-])c2)cc1Cl. The summed E-state index contributed by atoms with van der Waals surface area (Å²) in [7, 11) is 1.47. The summed E-state index contributed by atoms with van der Waals surface area (Å²) in [4.78, 5) is 39.3. The van der Waals surface area contributed by atoms with Gasteiger partial charge in [-0.1, -0.05) is 35.9 Å². The fourth-order valence-corrected chi connectivity index (χ4v) is 4.37. The van der Waals surface area contributed by atoms with Gasteiger partial charge in [-0.2, -0.15) is 0 Å². The number of carbonyl (C=O) groups excluding carboxylic acids is 1. The van der Waals surface area contributed by atoms with Gasteiger partial charge in [-0.05, 0) is 35.9 Å². The summed E-state index contributed by atoms with van der Waals surface area (Å²) < 4.78 is 11.1. The third-order valence-electron chi connectivity index (χ3n) is 5.59. The van der Waals surface area contributed by atoms with Crippen molar-refractivity contribution in [3.63, 3.8) is 0 Å². The number of fused-ring (bicyclic) bond motifs is 2. The minimum Gasteiger partial charge on any atom is -0.495 e. The minimum absolute atomic E-state index is 0.109. The number of hydrogen-bond acceptors (Lipinski definition) is 6. The fraction of sp³-hybridized carbons (Fsp3) is 0.0833. The van der Waals surface area contributed by atoms with Crippen LogP contribution < -0.4 is 15.1 Å². The molecule has 1 aromatic heterocycles. The Morgan fingerprint density at radius 1 is 1.06 bits per heavy atom. The molecule has 0 saturated heterocycles. The average molecular weight is 463 g/mol. The standard InChI is InChI=1S/C24H15ClN2O6/c1-32-19-10-9-14(12-17(19)25)26-21(13-5-4-6-15(11-13)27(30)31)20-22(28)16-7-2-3-8-18(16)33-23(20)24(26)29/h2-12,21H,1H3. The molecule has 0 bridgehead atoms. The molecule has 4 aromatic rings. The lowest BCUT2D eigenvalue weighted by molar-refractivity contribution is -0.384. The number of rotatable bonds is 4. The van der Waals surface area contributed by atoms with E-state index in [-0.39, 0.29) is 33.0 Å². The van der Waals surface area contributed by atoms with Crippen LogP contribution in [0.4, 0.5) is 11.4 Å². The molecule has 9 heteroatoms. The van der Waals surface area contributed by atoms with Crippen LogP contribution in [0.15, 0.2) is 75.9 Å². The molecule has 1 aliphatic heterocycles. The largest absolute Gasteiger partial charge is 0.495 e. The van der Waals surface area contributed by atoms with Gasteiger partial charge in [0.1, 0.15) is 11.3 Å². The van der Waals surface area contributed by atoms with Gasteiger partial charge in [0.2, 0.25) is 5.76 Å². The van der Waals surface area contributed by atoms with Gasteiger partial charge < -0.3 is 9.15 Å². The maximum absolute atomic E-state index is 13.5. The summed E-state index contributed by atoms with van der Waals surface area (Å²) in [6.07, 6.45) is 0. The zero-order valence-corrected chi connectivity index (χ0v) is 17.9. The van der Waals surface area contributed by atoms with E-state index in [1.165, 1.54) is 30.2 Å². The van der Waals surface area contributed by atoms with E-state index in [2.05, 4.69) is 0 Å². The molecular formula is C24H15ClN2O6. The predicted molar refractivity (Wildman–Crippen MR) is 122 cm³/mol. The molecule has 33 heavy (non-hydrogen) atoms. The van der Waals surface area contributed by atoms with E-state index in [0.29, 0.717) is 22.4 Å². The van der Waals surface area contributed by atoms with E-state index in [4.69, 9.17) is 20.8 Å². The van der Waals surface area contributed by atoms with Crippen molar-refractivity contribution in [3.8, 4) is 5.75 Å². The topological polar surface area (TPSA) is 103 Å². The van der Waals surface area contributed by atoms with Crippen molar-refractivity contribution in [3.05, 3.63) is 109 Å². The summed E-state index contributed by atoms with van der Waals surface area (Å²) in [5.74, 6) is -0.246. The molecule has 0 N–H and O–H groups in total. The quantitative estimate of drug-likeness (QED) is 0.308. The Balaban J connectivity index is 1.80. The summed E-state index contributed by atoms with van der Waals surface area (Å²) in [5.41, 5.74) is 0.640. The first-order valence-electron chi connectivity index (χ1n) is 9.88. The Bertz CT molecular complexity index is 1510. The fourth-order valence-electron chi connectivity index (χ4n) is 4.11. The van der Waals surface area contributed by atoms with Crippen molar-refractivity contribution in [2.75, 3.05) is 12.0 Å². The van der Waals surface area contributed by atoms with Crippen LogP contribution in [0.5, 0.6) is 5.75 Å². The maximum Gasteiger partial charge on any atom is 0.295 e. The smallest absolute Gasteiger partial charge is 0.295 e. The molecule has 1 amide bonds. The molecule has 1 aliphatic rings. The summed E-state index contributed by atoms with van der Waals surface area (Å²) in [6.45, 7) is 0. The highest BCUT2D eigenvalue weighted by molar-refractivity contribution is 6.32. The molecule has 8 nitrogen and oxygen atoms in total. The normalized spacial score (nSPS) is 15.0. The van der Waals surface area contributed by atoms with Crippen LogP contribution in [-0.2, 0) is 0 Å². The number of halogens is 1. The number of anilines is 1. The van der Waals surface area contributed by atoms with Gasteiger partial charge in [0.15, 0.2) is 5.43 Å². The highest BCUT2D eigenvalue weighted by atomic mass is 35.5. The van der Waals surface area contributed by atoms with E-state index >= 15 is 0 Å². The third-order valence-corrected chi connectivity index (χ3v) is 5.88. The van der Waals surface area contributed by atoms with Gasteiger partial charge in [0.25, 0.3) is 11.6 Å². The van der Waals surface area contributed by atoms with Crippen molar-refractivity contribution in [2.24, 2.45) is 0 Å². The van der Waals surface area contributed by atoms with E-state index < -0.39 is 16.9 Å². The van der Waals surface area contributed by atoms with E-state index in [9.17, 15) is 19.7 Å². The van der Waals surface area contributed by atoms with Gasteiger partial charge >= 0.3 is 0 Å². The van der Waals surface area contributed by atoms with E-state index in [1.54, 1.807) is 48.5 Å². The Kier molecular flexibility index (Phi) is 4.87. The molecule has 5 rings (SSSR count). The van der Waals surface area contributed by atoms with Crippen LogP contribution in [0.3, 0.4) is 0 Å². The number of hydrogen-bond donors (Lipinski definition) is 0. The van der Waals surface area contributed by atoms with Crippen LogP contribution in [-0.4, -0.2) is 17.9 Å². The molecule has 164 valence electrons. The first-order valence-corrected chi connectivity index (χ1v) is 10.3. The average Bonchev–Trinajstić information content (AvgIpc) is 3.12. The van der Waals surface area contributed by atoms with Crippen LogP contribution in [0.2, 0.25) is 5.02 Å². The van der Waals surface area contributed by atoms with Crippen molar-refractivity contribution < 1.29 is 18.9 Å². The van der Waals surface area contributed by atoms with Gasteiger partial charge in [0, 0.05) is 17.8 Å². The zero-order chi connectivity index (χ0) is 23.3. The van der Waals surface area contributed by atoms with Crippen molar-refractivity contribution >= 4 is 39.9 Å². The number of para-hydroxylation sites is 1. The summed E-state index contributed by atoms with van der Waals surface area (Å²) in [5, 5.41) is 12.0. The number of nitro groups is 1. The number of nitro benzene ring substituents is 1. The molecule has 2 heterocycles. The number of amides is 1. The second-order valence-electron chi connectivity index (χ2n) is 7.42. The van der Waals surface area contributed by atoms with Crippen molar-refractivity contribution in [1.29, 1.82) is 0 Å². The highest BCUT2D eigenvalue weighted by Gasteiger charge is 2.44. The number of benzene rings is 3. The number of carbonyl (C=O) groups is 1. The molecule has 0 fully saturated rings. The number of nitrogens with zero attached hydrogens (tertiary/aromatic N) is 2. The Labute approximate surface area is 191 Å². The van der Waals surface area contributed by atoms with Crippen LogP contribution in [0, 0.1) is 10.1 Å². The summed E-state index contributed by atoms with van der Waals surface area (Å²) >= 11 is 6.31. The number of ether oxygens (including phenoxy) is 1. The highest BCUT2D eigenvalue weighted by Crippen LogP contribution is 2.43. The van der Waals surface area contributed by atoms with Gasteiger partial charge in [0.05, 0.1) is 34.0 Å². The lowest BCUT2D eigenvalue weighted by Crippen LogP contribution is -2.29. The van der Waals surface area contributed by atoms with Crippen molar-refractivity contribution in [2.45, 2.75) is 6.04 Å². The zero-order valence-electron chi connectivity index (χ0n) is 17.2. The number of non-ortho nitro benzene ring substituents is 1. The Morgan fingerprint density at radius 2 is 1.85 bits per heavy atom. The molecule has 0 spiro atoms. The molecule has 0 radical (unpaired) electrons. The van der Waals surface area contributed by atoms with Crippen LogP contribution in [0.25, 0.3) is 11.0 Å². The summed E-state index contributed by atoms with van der Waals surface area (Å²) in [6, 6.07) is 16.3. The van der Waals surface area contributed by atoms with Gasteiger partial charge in [-0.25, -0.2) is 0 Å².